The Labute approximate surface area is 241 Å². The van der Waals surface area contributed by atoms with Gasteiger partial charge in [-0.05, 0) is 58.5 Å². The van der Waals surface area contributed by atoms with E-state index in [1.54, 1.807) is 0 Å². The zero-order chi connectivity index (χ0) is 29.5. The molecular weight excluding hydrogens is 513 g/mol. The molecule has 0 N–H and O–H groups in total. The Morgan fingerprint density at radius 2 is 1.08 bits per heavy atom. The normalized spacial score (nSPS) is 13.6. The van der Waals surface area contributed by atoms with Crippen LogP contribution in [0.3, 0.4) is 0 Å². The van der Waals surface area contributed by atoms with Gasteiger partial charge in [0.1, 0.15) is 5.78 Å². The van der Waals surface area contributed by atoms with Gasteiger partial charge in [0.15, 0.2) is 16.6 Å². The van der Waals surface area contributed by atoms with Crippen LogP contribution in [0.1, 0.15) is 83.1 Å². The van der Waals surface area contributed by atoms with E-state index in [1.165, 1.54) is 0 Å². The maximum Gasteiger partial charge on any atom is 0.192 e. The number of hydrogen-bond acceptors (Lipinski definition) is 3. The van der Waals surface area contributed by atoms with E-state index in [-0.39, 0.29) is 21.8 Å². The van der Waals surface area contributed by atoms with Crippen molar-refractivity contribution < 1.29 is 13.6 Å². The van der Waals surface area contributed by atoms with Crippen LogP contribution in [0.2, 0.25) is 36.3 Å². The van der Waals surface area contributed by atoms with Crippen molar-refractivity contribution in [2.45, 2.75) is 97.1 Å². The molecule has 0 saturated heterocycles. The molecule has 3 nitrogen and oxygen atoms in total. The van der Waals surface area contributed by atoms with Gasteiger partial charge >= 0.3 is 0 Å². The first-order valence-electron chi connectivity index (χ1n) is 14.3. The highest BCUT2D eigenvalue weighted by Gasteiger charge is 2.37. The standard InChI is InChI=1S/C34H52O3Si2/c1-12-31(35)32(29-23-15-13-19-27(29)21-17-25-36-38(8,9)33(2,3)4)30-24-16-14-20-28(30)22-18-26-37-39(10,11)34(5,6)7/h13-24,32H,12,25-26H2,1-11H3/b21-17+,22-18+. The molecule has 0 atom stereocenters. The van der Waals surface area contributed by atoms with Crippen molar-refractivity contribution in [1.29, 1.82) is 0 Å². The van der Waals surface area contributed by atoms with Gasteiger partial charge in [-0.3, -0.25) is 4.79 Å². The van der Waals surface area contributed by atoms with Gasteiger partial charge < -0.3 is 8.85 Å². The van der Waals surface area contributed by atoms with Crippen LogP contribution in [0.15, 0.2) is 60.7 Å². The second kappa shape index (κ2) is 13.5. The van der Waals surface area contributed by atoms with Gasteiger partial charge in [-0.25, -0.2) is 0 Å². The van der Waals surface area contributed by atoms with Gasteiger partial charge in [0.25, 0.3) is 0 Å². The quantitative estimate of drug-likeness (QED) is 0.241. The maximum atomic E-state index is 13.5. The molecule has 0 saturated carbocycles. The van der Waals surface area contributed by atoms with Crippen molar-refractivity contribution in [2.24, 2.45) is 0 Å². The van der Waals surface area contributed by atoms with Crippen molar-refractivity contribution in [2.75, 3.05) is 13.2 Å². The van der Waals surface area contributed by atoms with Gasteiger partial charge in [-0.15, -0.1) is 0 Å². The fourth-order valence-corrected chi connectivity index (χ4v) is 5.76. The summed E-state index contributed by atoms with van der Waals surface area (Å²) in [4.78, 5) is 13.5. The topological polar surface area (TPSA) is 35.5 Å². The number of carbonyl (C=O) groups is 1. The summed E-state index contributed by atoms with van der Waals surface area (Å²) in [5, 5.41) is 0.342. The highest BCUT2D eigenvalue weighted by molar-refractivity contribution is 6.74. The van der Waals surface area contributed by atoms with Crippen LogP contribution in [0.5, 0.6) is 0 Å². The first-order valence-corrected chi connectivity index (χ1v) is 20.1. The van der Waals surface area contributed by atoms with Crippen molar-refractivity contribution in [3.63, 3.8) is 0 Å². The summed E-state index contributed by atoms with van der Waals surface area (Å²) < 4.78 is 12.7. The largest absolute Gasteiger partial charge is 0.413 e. The Balaban J connectivity index is 2.37. The zero-order valence-corrected chi connectivity index (χ0v) is 28.4. The third-order valence-electron chi connectivity index (χ3n) is 8.57. The predicted octanol–water partition coefficient (Wildman–Crippen LogP) is 9.87. The summed E-state index contributed by atoms with van der Waals surface area (Å²) >= 11 is 0. The minimum atomic E-state index is -1.82. The van der Waals surface area contributed by atoms with Gasteiger partial charge in [-0.1, -0.05) is 121 Å². The lowest BCUT2D eigenvalue weighted by Gasteiger charge is -2.35. The Kier molecular flexibility index (Phi) is 11.5. The van der Waals surface area contributed by atoms with E-state index in [0.717, 1.165) is 22.3 Å². The molecule has 0 unspecified atom stereocenters. The molecule has 0 aliphatic carbocycles. The van der Waals surface area contributed by atoms with Crippen molar-refractivity contribution in [1.82, 2.24) is 0 Å². The number of carbonyl (C=O) groups excluding carboxylic acids is 1. The Morgan fingerprint density at radius 3 is 1.41 bits per heavy atom. The lowest BCUT2D eigenvalue weighted by molar-refractivity contribution is -0.119. The minimum Gasteiger partial charge on any atom is -0.413 e. The number of benzene rings is 2. The van der Waals surface area contributed by atoms with Gasteiger partial charge in [0.05, 0.1) is 19.1 Å². The van der Waals surface area contributed by atoms with Crippen LogP contribution in [0.25, 0.3) is 12.2 Å². The fourth-order valence-electron chi connectivity index (χ4n) is 3.87. The van der Waals surface area contributed by atoms with Crippen LogP contribution in [0.4, 0.5) is 0 Å². The third kappa shape index (κ3) is 8.97. The molecule has 214 valence electrons. The Hall–Kier alpha value is -2.06. The van der Waals surface area contributed by atoms with Crippen LogP contribution >= 0.6 is 0 Å². The van der Waals surface area contributed by atoms with E-state index < -0.39 is 16.6 Å². The van der Waals surface area contributed by atoms with E-state index in [0.29, 0.717) is 19.6 Å². The lowest BCUT2D eigenvalue weighted by atomic mass is 9.82. The van der Waals surface area contributed by atoms with Gasteiger partial charge in [-0.2, -0.15) is 0 Å². The smallest absolute Gasteiger partial charge is 0.192 e. The van der Waals surface area contributed by atoms with E-state index in [1.807, 2.05) is 31.2 Å². The van der Waals surface area contributed by atoms with Crippen LogP contribution in [-0.4, -0.2) is 35.6 Å². The monoisotopic (exact) mass is 564 g/mol. The maximum absolute atomic E-state index is 13.5. The van der Waals surface area contributed by atoms with Gasteiger partial charge in [0, 0.05) is 6.42 Å². The van der Waals surface area contributed by atoms with E-state index >= 15 is 0 Å². The molecule has 0 bridgehead atoms. The van der Waals surface area contributed by atoms with Gasteiger partial charge in [0.2, 0.25) is 0 Å². The number of ketones is 1. The summed E-state index contributed by atoms with van der Waals surface area (Å²) in [7, 11) is -3.64. The molecule has 0 aromatic heterocycles. The summed E-state index contributed by atoms with van der Waals surface area (Å²) in [5.74, 6) is -0.119. The molecule has 2 rings (SSSR count). The molecule has 0 aliphatic heterocycles. The number of hydrogen-bond donors (Lipinski definition) is 0. The first kappa shape index (κ1) is 33.2. The average Bonchev–Trinajstić information content (AvgIpc) is 2.84. The Morgan fingerprint density at radius 1 is 0.718 bits per heavy atom. The number of rotatable bonds is 12. The fraction of sp³-hybridized carbons (Fsp3) is 0.500. The predicted molar refractivity (Wildman–Crippen MR) is 174 cm³/mol. The summed E-state index contributed by atoms with van der Waals surface area (Å²) in [6.45, 7) is 25.7. The molecule has 0 spiro atoms. The van der Waals surface area contributed by atoms with Crippen molar-refractivity contribution in [3.8, 4) is 0 Å². The molecule has 5 heteroatoms. The highest BCUT2D eigenvalue weighted by atomic mass is 28.4. The summed E-state index contributed by atoms with van der Waals surface area (Å²) in [6.07, 6.45) is 8.89. The average molecular weight is 565 g/mol. The zero-order valence-electron chi connectivity index (χ0n) is 26.4. The molecule has 2 aromatic carbocycles. The highest BCUT2D eigenvalue weighted by Crippen LogP contribution is 2.38. The minimum absolute atomic E-state index is 0.171. The second-order valence-corrected chi connectivity index (χ2v) is 23.1. The van der Waals surface area contributed by atoms with Crippen LogP contribution in [-0.2, 0) is 13.6 Å². The van der Waals surface area contributed by atoms with E-state index in [9.17, 15) is 4.79 Å². The van der Waals surface area contributed by atoms with E-state index in [4.69, 9.17) is 8.85 Å². The summed E-state index contributed by atoms with van der Waals surface area (Å²) in [6, 6.07) is 16.5. The summed E-state index contributed by atoms with van der Waals surface area (Å²) in [5.41, 5.74) is 4.18. The Bertz CT molecular complexity index is 1060. The van der Waals surface area contributed by atoms with E-state index in [2.05, 4.69) is 116 Å². The molecule has 39 heavy (non-hydrogen) atoms. The molecule has 0 fully saturated rings. The molecule has 0 amide bonds. The van der Waals surface area contributed by atoms with Crippen LogP contribution < -0.4 is 0 Å². The first-order chi connectivity index (χ1) is 18.0. The molecule has 0 aliphatic rings. The number of Topliss-reactive ketones (excluding diaryl/α,β-unsaturated/α-hetero) is 1. The third-order valence-corrected chi connectivity index (χ3v) is 17.6. The van der Waals surface area contributed by atoms with Crippen molar-refractivity contribution >= 4 is 34.6 Å². The molecule has 0 heterocycles. The molecule has 2 aromatic rings. The second-order valence-electron chi connectivity index (χ2n) is 13.5. The molecule has 0 radical (unpaired) electrons. The SMILES string of the molecule is CCC(=O)C(c1ccccc1/C=C/CO[Si](C)(C)C(C)(C)C)c1ccccc1/C=C/CO[Si](C)(C)C(C)(C)C. The molecular formula is C34H52O3Si2. The lowest BCUT2D eigenvalue weighted by Crippen LogP contribution is -2.40. The van der Waals surface area contributed by atoms with Crippen LogP contribution in [0, 0.1) is 0 Å². The van der Waals surface area contributed by atoms with Crippen molar-refractivity contribution in [3.05, 3.63) is 82.9 Å².